The first-order valence-corrected chi connectivity index (χ1v) is 6.29. The van der Waals surface area contributed by atoms with E-state index in [9.17, 15) is 4.79 Å². The van der Waals surface area contributed by atoms with Gasteiger partial charge in [0, 0.05) is 25.5 Å². The van der Waals surface area contributed by atoms with E-state index in [1.807, 2.05) is 57.1 Å². The second-order valence-corrected chi connectivity index (χ2v) is 4.84. The molecule has 1 aromatic carbocycles. The van der Waals surface area contributed by atoms with Gasteiger partial charge in [-0.15, -0.1) is 0 Å². The third kappa shape index (κ3) is 3.74. The summed E-state index contributed by atoms with van der Waals surface area (Å²) in [5.41, 5.74) is 7.76. The highest BCUT2D eigenvalue weighted by Crippen LogP contribution is 2.16. The Kier molecular flexibility index (Phi) is 5.16. The Bertz CT molecular complexity index is 387. The van der Waals surface area contributed by atoms with Gasteiger partial charge >= 0.3 is 0 Å². The molecule has 18 heavy (non-hydrogen) atoms. The minimum Gasteiger partial charge on any atom is -0.378 e. The number of carbonyl (C=O) groups is 1. The van der Waals surface area contributed by atoms with Crippen LogP contribution >= 0.6 is 0 Å². The van der Waals surface area contributed by atoms with Crippen molar-refractivity contribution in [2.24, 2.45) is 11.7 Å². The fourth-order valence-electron chi connectivity index (χ4n) is 1.58. The topological polar surface area (TPSA) is 58.4 Å². The third-order valence-electron chi connectivity index (χ3n) is 3.21. The van der Waals surface area contributed by atoms with Crippen LogP contribution in [-0.4, -0.2) is 26.0 Å². The van der Waals surface area contributed by atoms with Gasteiger partial charge in [-0.05, 0) is 30.2 Å². The van der Waals surface area contributed by atoms with Gasteiger partial charge in [0.05, 0.1) is 6.04 Å². The van der Waals surface area contributed by atoms with Crippen molar-refractivity contribution in [2.45, 2.75) is 26.3 Å². The maximum Gasteiger partial charge on any atom is 0.241 e. The fraction of sp³-hybridized carbons (Fsp3) is 0.500. The number of amides is 1. The summed E-state index contributed by atoms with van der Waals surface area (Å²) in [5, 5.41) is 2.84. The van der Waals surface area contributed by atoms with Gasteiger partial charge in [-0.25, -0.2) is 0 Å². The minimum atomic E-state index is -0.455. The van der Waals surface area contributed by atoms with Gasteiger partial charge in [-0.3, -0.25) is 4.79 Å². The Hall–Kier alpha value is -1.55. The molecule has 2 atom stereocenters. The first kappa shape index (κ1) is 14.5. The van der Waals surface area contributed by atoms with Crippen LogP contribution in [0.1, 0.15) is 20.3 Å². The Balaban J connectivity index is 2.65. The molecule has 3 N–H and O–H groups in total. The summed E-state index contributed by atoms with van der Waals surface area (Å²) in [4.78, 5) is 13.9. The van der Waals surface area contributed by atoms with Gasteiger partial charge in [0.2, 0.25) is 5.91 Å². The summed E-state index contributed by atoms with van der Waals surface area (Å²) in [6.07, 6.45) is 0.897. The number of nitrogens with zero attached hydrogens (tertiary/aromatic N) is 1. The zero-order valence-corrected chi connectivity index (χ0v) is 11.6. The number of nitrogens with one attached hydrogen (secondary N) is 1. The standard InChI is InChI=1S/C14H23N3O/c1-5-10(2)13(15)14(18)16-11-6-8-12(9-7-11)17(3)4/h6-10,13H,5,15H2,1-4H3,(H,16,18)/t10-,13-/m0/s1. The lowest BCUT2D eigenvalue weighted by molar-refractivity contribution is -0.118. The van der Waals surface area contributed by atoms with Crippen molar-refractivity contribution in [1.29, 1.82) is 0 Å². The van der Waals surface area contributed by atoms with E-state index in [0.29, 0.717) is 0 Å². The average molecular weight is 249 g/mol. The minimum absolute atomic E-state index is 0.123. The molecule has 100 valence electrons. The normalized spacial score (nSPS) is 13.8. The van der Waals surface area contributed by atoms with Crippen LogP contribution in [0.2, 0.25) is 0 Å². The smallest absolute Gasteiger partial charge is 0.241 e. The lowest BCUT2D eigenvalue weighted by Gasteiger charge is -2.18. The highest BCUT2D eigenvalue weighted by atomic mass is 16.2. The molecule has 0 unspecified atom stereocenters. The van der Waals surface area contributed by atoms with Crippen LogP contribution < -0.4 is 16.0 Å². The van der Waals surface area contributed by atoms with Gasteiger partial charge in [-0.2, -0.15) is 0 Å². The Morgan fingerprint density at radius 2 is 1.89 bits per heavy atom. The van der Waals surface area contributed by atoms with Crippen molar-refractivity contribution in [2.75, 3.05) is 24.3 Å². The Morgan fingerprint density at radius 1 is 1.33 bits per heavy atom. The van der Waals surface area contributed by atoms with Gasteiger partial charge < -0.3 is 16.0 Å². The molecule has 4 nitrogen and oxygen atoms in total. The SMILES string of the molecule is CC[C@H](C)[C@H](N)C(=O)Nc1ccc(N(C)C)cc1. The van der Waals surface area contributed by atoms with Crippen LogP contribution in [-0.2, 0) is 4.79 Å². The number of nitrogens with two attached hydrogens (primary N) is 1. The summed E-state index contributed by atoms with van der Waals surface area (Å²) in [7, 11) is 3.96. The zero-order valence-electron chi connectivity index (χ0n) is 11.6. The molecule has 0 aliphatic carbocycles. The third-order valence-corrected chi connectivity index (χ3v) is 3.21. The maximum absolute atomic E-state index is 11.9. The van der Waals surface area contributed by atoms with E-state index in [0.717, 1.165) is 17.8 Å². The molecule has 0 saturated heterocycles. The summed E-state index contributed by atoms with van der Waals surface area (Å²) in [6, 6.07) is 7.24. The van der Waals surface area contributed by atoms with Crippen molar-refractivity contribution in [3.8, 4) is 0 Å². The lowest BCUT2D eigenvalue weighted by atomic mass is 9.99. The molecule has 1 aromatic rings. The number of hydrogen-bond donors (Lipinski definition) is 2. The summed E-state index contributed by atoms with van der Waals surface area (Å²) < 4.78 is 0. The van der Waals surface area contributed by atoms with Crippen LogP contribution in [0.5, 0.6) is 0 Å². The fourth-order valence-corrected chi connectivity index (χ4v) is 1.58. The number of rotatable bonds is 5. The zero-order chi connectivity index (χ0) is 13.7. The molecular weight excluding hydrogens is 226 g/mol. The van der Waals surface area contributed by atoms with Crippen molar-refractivity contribution in [3.05, 3.63) is 24.3 Å². The predicted molar refractivity (Wildman–Crippen MR) is 76.8 cm³/mol. The summed E-state index contributed by atoms with van der Waals surface area (Å²) in [5.74, 6) is 0.0630. The molecule has 0 spiro atoms. The largest absolute Gasteiger partial charge is 0.378 e. The van der Waals surface area contributed by atoms with Crippen molar-refractivity contribution in [1.82, 2.24) is 0 Å². The molecule has 0 fully saturated rings. The molecule has 0 bridgehead atoms. The van der Waals surface area contributed by atoms with Gasteiger partial charge in [0.15, 0.2) is 0 Å². The van der Waals surface area contributed by atoms with Crippen LogP contribution in [0.25, 0.3) is 0 Å². The molecule has 0 heterocycles. The van der Waals surface area contributed by atoms with Crippen molar-refractivity contribution in [3.63, 3.8) is 0 Å². The van der Waals surface area contributed by atoms with E-state index in [2.05, 4.69) is 5.32 Å². The average Bonchev–Trinajstić information content (AvgIpc) is 2.37. The summed E-state index contributed by atoms with van der Waals surface area (Å²) in [6.45, 7) is 4.02. The molecule has 0 aliphatic heterocycles. The highest BCUT2D eigenvalue weighted by molar-refractivity contribution is 5.95. The van der Waals surface area contributed by atoms with E-state index >= 15 is 0 Å². The number of benzene rings is 1. The molecule has 0 radical (unpaired) electrons. The van der Waals surface area contributed by atoms with E-state index < -0.39 is 6.04 Å². The monoisotopic (exact) mass is 249 g/mol. The summed E-state index contributed by atoms with van der Waals surface area (Å²) >= 11 is 0. The Labute approximate surface area is 109 Å². The van der Waals surface area contributed by atoms with Gasteiger partial charge in [0.25, 0.3) is 0 Å². The van der Waals surface area contributed by atoms with E-state index in [4.69, 9.17) is 5.73 Å². The second-order valence-electron chi connectivity index (χ2n) is 4.84. The van der Waals surface area contributed by atoms with Gasteiger partial charge in [-0.1, -0.05) is 20.3 Å². The van der Waals surface area contributed by atoms with E-state index in [1.165, 1.54) is 0 Å². The Morgan fingerprint density at radius 3 is 2.33 bits per heavy atom. The molecule has 0 aromatic heterocycles. The quantitative estimate of drug-likeness (QED) is 0.840. The van der Waals surface area contributed by atoms with Crippen LogP contribution in [0.3, 0.4) is 0 Å². The van der Waals surface area contributed by atoms with Crippen LogP contribution in [0.15, 0.2) is 24.3 Å². The molecular formula is C14H23N3O. The lowest BCUT2D eigenvalue weighted by Crippen LogP contribution is -2.40. The highest BCUT2D eigenvalue weighted by Gasteiger charge is 2.19. The maximum atomic E-state index is 11.9. The van der Waals surface area contributed by atoms with Crippen molar-refractivity contribution >= 4 is 17.3 Å². The van der Waals surface area contributed by atoms with Crippen LogP contribution in [0.4, 0.5) is 11.4 Å². The van der Waals surface area contributed by atoms with E-state index in [1.54, 1.807) is 0 Å². The van der Waals surface area contributed by atoms with Crippen molar-refractivity contribution < 1.29 is 4.79 Å². The molecule has 1 amide bonds. The predicted octanol–water partition coefficient (Wildman–Crippen LogP) is 2.06. The number of carbonyl (C=O) groups excluding carboxylic acids is 1. The van der Waals surface area contributed by atoms with Gasteiger partial charge in [0.1, 0.15) is 0 Å². The first-order chi connectivity index (χ1) is 8.45. The van der Waals surface area contributed by atoms with E-state index in [-0.39, 0.29) is 11.8 Å². The van der Waals surface area contributed by atoms with Crippen LogP contribution in [0, 0.1) is 5.92 Å². The molecule has 0 aliphatic rings. The first-order valence-electron chi connectivity index (χ1n) is 6.29. The molecule has 4 heteroatoms. The molecule has 0 saturated carbocycles. The molecule has 1 rings (SSSR count). The number of hydrogen-bond acceptors (Lipinski definition) is 3. The second kappa shape index (κ2) is 6.40. The number of anilines is 2.